The molecule has 2 aromatic rings. The van der Waals surface area contributed by atoms with E-state index in [4.69, 9.17) is 4.74 Å². The number of hydrogen-bond acceptors (Lipinski definition) is 7. The molecule has 0 aliphatic carbocycles. The van der Waals surface area contributed by atoms with Gasteiger partial charge in [-0.2, -0.15) is 13.2 Å². The van der Waals surface area contributed by atoms with Gasteiger partial charge in [0.15, 0.2) is 10.9 Å². The fourth-order valence-electron chi connectivity index (χ4n) is 4.36. The van der Waals surface area contributed by atoms with Crippen LogP contribution >= 0.6 is 11.8 Å². The van der Waals surface area contributed by atoms with Gasteiger partial charge in [-0.15, -0.1) is 0 Å². The Morgan fingerprint density at radius 2 is 1.89 bits per heavy atom. The van der Waals surface area contributed by atoms with Crippen LogP contribution in [0.2, 0.25) is 0 Å². The first-order valence-corrected chi connectivity index (χ1v) is 13.3. The third-order valence-corrected chi connectivity index (χ3v) is 7.40. The molecule has 3 heterocycles. The van der Waals surface area contributed by atoms with Crippen molar-refractivity contribution in [1.29, 1.82) is 0 Å². The number of anilines is 1. The monoisotopic (exact) mass is 523 g/mol. The number of halogens is 3. The van der Waals surface area contributed by atoms with Gasteiger partial charge in [-0.1, -0.05) is 23.9 Å². The van der Waals surface area contributed by atoms with Gasteiger partial charge >= 0.3 is 6.18 Å². The summed E-state index contributed by atoms with van der Waals surface area (Å²) in [4.78, 5) is 24.9. The van der Waals surface area contributed by atoms with Crippen LogP contribution in [0.25, 0.3) is 0 Å². The van der Waals surface area contributed by atoms with Crippen LogP contribution in [-0.2, 0) is 16.7 Å². The third-order valence-electron chi connectivity index (χ3n) is 6.48. The minimum atomic E-state index is -4.54. The molecule has 1 N–H and O–H groups in total. The number of rotatable bonds is 8. The van der Waals surface area contributed by atoms with Crippen LogP contribution in [-0.4, -0.2) is 72.8 Å². The minimum Gasteiger partial charge on any atom is -0.379 e. The lowest BCUT2D eigenvalue weighted by Gasteiger charge is -2.34. The molecule has 11 heteroatoms. The van der Waals surface area contributed by atoms with E-state index in [0.29, 0.717) is 30.2 Å². The zero-order valence-corrected chi connectivity index (χ0v) is 21.2. The second kappa shape index (κ2) is 12.2. The highest BCUT2D eigenvalue weighted by Gasteiger charge is 2.35. The molecule has 2 aliphatic rings. The Labute approximate surface area is 213 Å². The molecule has 0 saturated carbocycles. The van der Waals surface area contributed by atoms with E-state index >= 15 is 0 Å². The standard InChI is InChI=1S/C25H32F3N5O2S/c1-18-4-2-3-10-33(18)22-16-21(25(26,27)28)30-24(31-22)36-17-19-5-7-20(8-6-19)23(34)29-9-11-32-12-14-35-15-13-32/h5-8,16,18H,2-4,9-15,17H2,1H3,(H,29,34). The van der Waals surface area contributed by atoms with E-state index in [1.807, 2.05) is 24.0 Å². The van der Waals surface area contributed by atoms with Gasteiger partial charge in [0.1, 0.15) is 5.82 Å². The second-order valence-corrected chi connectivity index (χ2v) is 10.1. The van der Waals surface area contributed by atoms with E-state index in [2.05, 4.69) is 20.2 Å². The van der Waals surface area contributed by atoms with Crippen molar-refractivity contribution >= 4 is 23.5 Å². The summed E-state index contributed by atoms with van der Waals surface area (Å²) in [6.07, 6.45) is -1.60. The quantitative estimate of drug-likeness (QED) is 0.410. The average Bonchev–Trinajstić information content (AvgIpc) is 2.88. The van der Waals surface area contributed by atoms with Gasteiger partial charge in [0.25, 0.3) is 5.91 Å². The first kappa shape index (κ1) is 26.7. The number of piperidine rings is 1. The first-order chi connectivity index (χ1) is 17.3. The lowest BCUT2D eigenvalue weighted by atomic mass is 10.0. The van der Waals surface area contributed by atoms with E-state index in [1.165, 1.54) is 0 Å². The number of thioether (sulfide) groups is 1. The number of hydrogen-bond donors (Lipinski definition) is 1. The Morgan fingerprint density at radius 3 is 2.58 bits per heavy atom. The van der Waals surface area contributed by atoms with E-state index in [9.17, 15) is 18.0 Å². The Balaban J connectivity index is 1.35. The van der Waals surface area contributed by atoms with Crippen molar-refractivity contribution in [3.63, 3.8) is 0 Å². The molecular formula is C25H32F3N5O2S. The summed E-state index contributed by atoms with van der Waals surface area (Å²) >= 11 is 1.16. The van der Waals surface area contributed by atoms with Crippen LogP contribution in [0.1, 0.15) is 47.8 Å². The number of amides is 1. The summed E-state index contributed by atoms with van der Waals surface area (Å²) in [6, 6.07) is 8.27. The largest absolute Gasteiger partial charge is 0.433 e. The number of carbonyl (C=O) groups is 1. The van der Waals surface area contributed by atoms with Gasteiger partial charge < -0.3 is 15.0 Å². The van der Waals surface area contributed by atoms with Crippen molar-refractivity contribution < 1.29 is 22.7 Å². The molecule has 0 radical (unpaired) electrons. The molecule has 1 unspecified atom stereocenters. The summed E-state index contributed by atoms with van der Waals surface area (Å²) in [5, 5.41) is 3.03. The summed E-state index contributed by atoms with van der Waals surface area (Å²) in [5.74, 6) is 0.579. The molecule has 1 aromatic carbocycles. The fraction of sp³-hybridized carbons (Fsp3) is 0.560. The molecule has 36 heavy (non-hydrogen) atoms. The molecule has 7 nitrogen and oxygen atoms in total. The van der Waals surface area contributed by atoms with Gasteiger partial charge in [-0.25, -0.2) is 9.97 Å². The van der Waals surface area contributed by atoms with Crippen LogP contribution in [0.15, 0.2) is 35.5 Å². The predicted molar refractivity (Wildman–Crippen MR) is 133 cm³/mol. The lowest BCUT2D eigenvalue weighted by Crippen LogP contribution is -2.41. The van der Waals surface area contributed by atoms with Gasteiger partial charge in [-0.05, 0) is 43.9 Å². The average molecular weight is 524 g/mol. The summed E-state index contributed by atoms with van der Waals surface area (Å²) in [6.45, 7) is 7.22. The van der Waals surface area contributed by atoms with Gasteiger partial charge in [0.2, 0.25) is 0 Å². The molecule has 2 fully saturated rings. The van der Waals surface area contributed by atoms with Crippen LogP contribution in [0, 0.1) is 0 Å². The Bertz CT molecular complexity index is 1020. The highest BCUT2D eigenvalue weighted by Crippen LogP contribution is 2.33. The summed E-state index contributed by atoms with van der Waals surface area (Å²) in [7, 11) is 0. The van der Waals surface area contributed by atoms with Crippen LogP contribution in [0.5, 0.6) is 0 Å². The van der Waals surface area contributed by atoms with Gasteiger partial charge in [-0.3, -0.25) is 9.69 Å². The first-order valence-electron chi connectivity index (χ1n) is 12.3. The summed E-state index contributed by atoms with van der Waals surface area (Å²) in [5.41, 5.74) is 0.498. The SMILES string of the molecule is CC1CCCCN1c1cc(C(F)(F)F)nc(SCc2ccc(C(=O)NCCN3CCOCC3)cc2)n1. The number of morpholine rings is 1. The van der Waals surface area contributed by atoms with Gasteiger partial charge in [0.05, 0.1) is 13.2 Å². The van der Waals surface area contributed by atoms with E-state index in [0.717, 1.165) is 75.5 Å². The highest BCUT2D eigenvalue weighted by molar-refractivity contribution is 7.98. The van der Waals surface area contributed by atoms with Crippen LogP contribution in [0.3, 0.4) is 0 Å². The fourth-order valence-corrected chi connectivity index (χ4v) is 5.17. The van der Waals surface area contributed by atoms with Crippen molar-refractivity contribution in [3.8, 4) is 0 Å². The number of carbonyl (C=O) groups excluding carboxylic acids is 1. The molecule has 2 aliphatic heterocycles. The van der Waals surface area contributed by atoms with Crippen LogP contribution in [0.4, 0.5) is 19.0 Å². The number of nitrogens with zero attached hydrogens (tertiary/aromatic N) is 4. The number of benzene rings is 1. The zero-order valence-electron chi connectivity index (χ0n) is 20.4. The van der Waals surface area contributed by atoms with Gasteiger partial charge in [0, 0.05) is 56.1 Å². The molecule has 4 rings (SSSR count). The van der Waals surface area contributed by atoms with E-state index in [1.54, 1.807) is 12.1 Å². The Kier molecular flexibility index (Phi) is 9.08. The lowest BCUT2D eigenvalue weighted by molar-refractivity contribution is -0.141. The molecule has 196 valence electrons. The Hall–Kier alpha value is -2.37. The third kappa shape index (κ3) is 7.33. The van der Waals surface area contributed by atoms with E-state index < -0.39 is 11.9 Å². The number of ether oxygens (including phenoxy) is 1. The maximum atomic E-state index is 13.5. The van der Waals surface area contributed by atoms with Crippen molar-refractivity contribution in [3.05, 3.63) is 47.2 Å². The number of alkyl halides is 3. The van der Waals surface area contributed by atoms with E-state index in [-0.39, 0.29) is 17.1 Å². The second-order valence-electron chi connectivity index (χ2n) is 9.13. The van der Waals surface area contributed by atoms with Crippen LogP contribution < -0.4 is 10.2 Å². The molecule has 0 bridgehead atoms. The normalized spacial score (nSPS) is 19.3. The number of nitrogens with one attached hydrogen (secondary N) is 1. The van der Waals surface area contributed by atoms with Crippen molar-refractivity contribution in [2.24, 2.45) is 0 Å². The van der Waals surface area contributed by atoms with Crippen molar-refractivity contribution in [1.82, 2.24) is 20.2 Å². The highest BCUT2D eigenvalue weighted by atomic mass is 32.2. The molecule has 2 saturated heterocycles. The molecule has 0 spiro atoms. The topological polar surface area (TPSA) is 70.6 Å². The molecule has 1 atom stereocenters. The summed E-state index contributed by atoms with van der Waals surface area (Å²) < 4.78 is 45.9. The molecule has 1 aromatic heterocycles. The predicted octanol–water partition coefficient (Wildman–Crippen LogP) is 4.23. The van der Waals surface area contributed by atoms with Crippen molar-refractivity contribution in [2.45, 2.75) is 49.3 Å². The Morgan fingerprint density at radius 1 is 1.14 bits per heavy atom. The minimum absolute atomic E-state index is 0.0996. The van der Waals surface area contributed by atoms with Crippen molar-refractivity contribution in [2.75, 3.05) is 50.8 Å². The number of aromatic nitrogens is 2. The molecular weight excluding hydrogens is 491 g/mol. The zero-order chi connectivity index (χ0) is 25.5. The maximum absolute atomic E-state index is 13.5. The smallest absolute Gasteiger partial charge is 0.379 e. The maximum Gasteiger partial charge on any atom is 0.433 e. The molecule has 1 amide bonds.